The molecule has 2 aromatic rings. The van der Waals surface area contributed by atoms with Gasteiger partial charge >= 0.3 is 0 Å². The van der Waals surface area contributed by atoms with Crippen molar-refractivity contribution in [1.82, 2.24) is 0 Å². The normalized spacial score (nSPS) is 15.6. The van der Waals surface area contributed by atoms with Crippen molar-refractivity contribution in [3.63, 3.8) is 0 Å². The molecule has 2 aromatic carbocycles. The highest BCUT2D eigenvalue weighted by Gasteiger charge is 2.43. The first-order chi connectivity index (χ1) is 12.4. The van der Waals surface area contributed by atoms with Crippen LogP contribution in [0.1, 0.15) is 58.6 Å². The molecule has 1 nitrogen and oxygen atoms in total. The maximum absolute atomic E-state index is 6.60. The fraction of sp³-hybridized carbons (Fsp3) is 0.440. The SMILES string of the molecule is CC#CC1(OCCC(C)CC(C)(C)C)c2ccccc2-c2ccccc21. The molecule has 0 saturated carbocycles. The first-order valence-corrected chi connectivity index (χ1v) is 9.64. The van der Waals surface area contributed by atoms with E-state index in [0.29, 0.717) is 17.9 Å². The van der Waals surface area contributed by atoms with Gasteiger partial charge in [-0.25, -0.2) is 0 Å². The molecule has 1 unspecified atom stereocenters. The van der Waals surface area contributed by atoms with Crippen LogP contribution >= 0.6 is 0 Å². The Labute approximate surface area is 158 Å². The Morgan fingerprint density at radius 3 is 2.00 bits per heavy atom. The lowest BCUT2D eigenvalue weighted by Crippen LogP contribution is -2.28. The third kappa shape index (κ3) is 3.57. The second-order valence-electron chi connectivity index (χ2n) is 8.65. The fourth-order valence-electron chi connectivity index (χ4n) is 4.26. The number of benzene rings is 2. The molecule has 0 fully saturated rings. The smallest absolute Gasteiger partial charge is 0.180 e. The van der Waals surface area contributed by atoms with Crippen LogP contribution in [0.15, 0.2) is 48.5 Å². The van der Waals surface area contributed by atoms with Gasteiger partial charge in [0.05, 0.1) is 0 Å². The summed E-state index contributed by atoms with van der Waals surface area (Å²) in [5.41, 5.74) is 4.57. The summed E-state index contributed by atoms with van der Waals surface area (Å²) >= 11 is 0. The molecule has 1 aliphatic carbocycles. The quantitative estimate of drug-likeness (QED) is 0.568. The van der Waals surface area contributed by atoms with E-state index in [-0.39, 0.29) is 0 Å². The van der Waals surface area contributed by atoms with E-state index in [1.165, 1.54) is 28.7 Å². The standard InChI is InChI=1S/C25H30O/c1-6-16-25(26-17-15-19(2)18-24(3,4)5)22-13-9-7-11-20(22)21-12-8-10-14-23(21)25/h7-14,19H,15,17-18H2,1-5H3. The molecule has 1 aliphatic rings. The van der Waals surface area contributed by atoms with Gasteiger partial charge in [0.1, 0.15) is 0 Å². The monoisotopic (exact) mass is 346 g/mol. The van der Waals surface area contributed by atoms with Gasteiger partial charge in [-0.1, -0.05) is 82.1 Å². The summed E-state index contributed by atoms with van der Waals surface area (Å²) in [6, 6.07) is 17.0. The summed E-state index contributed by atoms with van der Waals surface area (Å²) in [5.74, 6) is 7.19. The molecule has 0 heterocycles. The first kappa shape index (κ1) is 18.7. The molecule has 1 heteroatoms. The summed E-state index contributed by atoms with van der Waals surface area (Å²) in [5, 5.41) is 0. The van der Waals surface area contributed by atoms with Gasteiger partial charge in [0, 0.05) is 17.7 Å². The zero-order valence-corrected chi connectivity index (χ0v) is 16.7. The van der Waals surface area contributed by atoms with Crippen LogP contribution < -0.4 is 0 Å². The summed E-state index contributed by atoms with van der Waals surface area (Å²) < 4.78 is 6.60. The van der Waals surface area contributed by atoms with Crippen LogP contribution in [-0.4, -0.2) is 6.61 Å². The Kier molecular flexibility index (Phi) is 5.26. The van der Waals surface area contributed by atoms with E-state index in [2.05, 4.69) is 88.1 Å². The molecule has 0 spiro atoms. The largest absolute Gasteiger partial charge is 0.354 e. The van der Waals surface area contributed by atoms with Crippen LogP contribution in [0.3, 0.4) is 0 Å². The molecule has 0 radical (unpaired) electrons. The van der Waals surface area contributed by atoms with E-state index in [4.69, 9.17) is 4.74 Å². The van der Waals surface area contributed by atoms with E-state index in [0.717, 1.165) is 6.42 Å². The lowest BCUT2D eigenvalue weighted by molar-refractivity contribution is 0.0202. The Morgan fingerprint density at radius 2 is 1.50 bits per heavy atom. The van der Waals surface area contributed by atoms with Gasteiger partial charge in [0.25, 0.3) is 0 Å². The van der Waals surface area contributed by atoms with Crippen molar-refractivity contribution in [1.29, 1.82) is 0 Å². The molecule has 1 atom stereocenters. The second-order valence-corrected chi connectivity index (χ2v) is 8.65. The molecule has 3 rings (SSSR count). The van der Waals surface area contributed by atoms with Gasteiger partial charge in [0.15, 0.2) is 5.60 Å². The van der Waals surface area contributed by atoms with E-state index in [9.17, 15) is 0 Å². The molecule has 0 amide bonds. The van der Waals surface area contributed by atoms with Crippen molar-refractivity contribution < 1.29 is 4.74 Å². The average molecular weight is 347 g/mol. The molecule has 136 valence electrons. The maximum atomic E-state index is 6.60. The van der Waals surface area contributed by atoms with Crippen molar-refractivity contribution in [2.24, 2.45) is 11.3 Å². The molecule has 0 aromatic heterocycles. The van der Waals surface area contributed by atoms with Crippen molar-refractivity contribution in [2.75, 3.05) is 6.61 Å². The summed E-state index contributed by atoms with van der Waals surface area (Å²) in [7, 11) is 0. The van der Waals surface area contributed by atoms with E-state index in [1.807, 2.05) is 6.92 Å². The zero-order chi connectivity index (χ0) is 18.8. The number of hydrogen-bond acceptors (Lipinski definition) is 1. The third-order valence-electron chi connectivity index (χ3n) is 5.09. The summed E-state index contributed by atoms with van der Waals surface area (Å²) in [6.45, 7) is 11.8. The van der Waals surface area contributed by atoms with Crippen LogP contribution in [0.25, 0.3) is 11.1 Å². The third-order valence-corrected chi connectivity index (χ3v) is 5.09. The van der Waals surface area contributed by atoms with Crippen LogP contribution in [-0.2, 0) is 10.3 Å². The second kappa shape index (κ2) is 7.29. The van der Waals surface area contributed by atoms with E-state index >= 15 is 0 Å². The van der Waals surface area contributed by atoms with E-state index < -0.39 is 5.60 Å². The van der Waals surface area contributed by atoms with Gasteiger partial charge in [-0.2, -0.15) is 0 Å². The number of ether oxygens (including phenoxy) is 1. The minimum atomic E-state index is -0.636. The Bertz CT molecular complexity index is 783. The van der Waals surface area contributed by atoms with Crippen LogP contribution in [0.4, 0.5) is 0 Å². The van der Waals surface area contributed by atoms with Crippen molar-refractivity contribution in [3.05, 3.63) is 59.7 Å². The highest BCUT2D eigenvalue weighted by atomic mass is 16.5. The molecular formula is C25H30O. The van der Waals surface area contributed by atoms with Gasteiger partial charge in [0.2, 0.25) is 0 Å². The molecule has 0 bridgehead atoms. The lowest BCUT2D eigenvalue weighted by Gasteiger charge is -2.28. The number of rotatable bonds is 5. The average Bonchev–Trinajstić information content (AvgIpc) is 2.85. The maximum Gasteiger partial charge on any atom is 0.180 e. The van der Waals surface area contributed by atoms with Gasteiger partial charge in [-0.3, -0.25) is 0 Å². The number of hydrogen-bond donors (Lipinski definition) is 0. The predicted molar refractivity (Wildman–Crippen MR) is 110 cm³/mol. The van der Waals surface area contributed by atoms with Gasteiger partial charge in [-0.05, 0) is 42.2 Å². The first-order valence-electron chi connectivity index (χ1n) is 9.64. The van der Waals surface area contributed by atoms with Crippen molar-refractivity contribution in [2.45, 2.75) is 53.1 Å². The van der Waals surface area contributed by atoms with Crippen LogP contribution in [0.5, 0.6) is 0 Å². The van der Waals surface area contributed by atoms with Crippen LogP contribution in [0, 0.1) is 23.2 Å². The molecular weight excluding hydrogens is 316 g/mol. The molecule has 0 aliphatic heterocycles. The molecule has 26 heavy (non-hydrogen) atoms. The molecule has 0 N–H and O–H groups in total. The predicted octanol–water partition coefficient (Wildman–Crippen LogP) is 6.41. The fourth-order valence-corrected chi connectivity index (χ4v) is 4.26. The van der Waals surface area contributed by atoms with Crippen LogP contribution in [0.2, 0.25) is 0 Å². The van der Waals surface area contributed by atoms with Gasteiger partial charge in [-0.15, -0.1) is 5.92 Å². The lowest BCUT2D eigenvalue weighted by atomic mass is 9.84. The Morgan fingerprint density at radius 1 is 0.962 bits per heavy atom. The van der Waals surface area contributed by atoms with E-state index in [1.54, 1.807) is 0 Å². The highest BCUT2D eigenvalue weighted by molar-refractivity contribution is 5.82. The zero-order valence-electron chi connectivity index (χ0n) is 16.7. The minimum absolute atomic E-state index is 0.354. The Hall–Kier alpha value is -2.04. The molecule has 0 saturated heterocycles. The Balaban J connectivity index is 1.90. The summed E-state index contributed by atoms with van der Waals surface area (Å²) in [6.07, 6.45) is 2.25. The number of fused-ring (bicyclic) bond motifs is 3. The topological polar surface area (TPSA) is 9.23 Å². The van der Waals surface area contributed by atoms with Gasteiger partial charge < -0.3 is 4.74 Å². The minimum Gasteiger partial charge on any atom is -0.354 e. The van der Waals surface area contributed by atoms with Crippen molar-refractivity contribution >= 4 is 0 Å². The summed E-state index contributed by atoms with van der Waals surface area (Å²) in [4.78, 5) is 0. The highest BCUT2D eigenvalue weighted by Crippen LogP contribution is 2.49. The van der Waals surface area contributed by atoms with Crippen molar-refractivity contribution in [3.8, 4) is 23.0 Å².